The minimum Gasteiger partial charge on any atom is -0.484 e. The molecule has 4 nitrogen and oxygen atoms in total. The summed E-state index contributed by atoms with van der Waals surface area (Å²) in [4.78, 5) is 11.6. The fourth-order valence-corrected chi connectivity index (χ4v) is 1.95. The van der Waals surface area contributed by atoms with Crippen molar-refractivity contribution in [3.05, 3.63) is 64.2 Å². The van der Waals surface area contributed by atoms with E-state index in [4.69, 9.17) is 16.3 Å². The van der Waals surface area contributed by atoms with Gasteiger partial charge in [0, 0.05) is 5.02 Å². The van der Waals surface area contributed by atoms with Crippen LogP contribution in [0.5, 0.6) is 5.75 Å². The number of benzene rings is 2. The van der Waals surface area contributed by atoms with Crippen molar-refractivity contribution in [3.8, 4) is 5.75 Å². The first-order chi connectivity index (χ1) is 10.5. The number of hydrogen-bond donors (Lipinski definition) is 1. The third-order valence-electron chi connectivity index (χ3n) is 3.10. The number of nitrogens with one attached hydrogen (secondary N) is 1. The van der Waals surface area contributed by atoms with E-state index in [9.17, 15) is 4.79 Å². The van der Waals surface area contributed by atoms with E-state index in [1.165, 1.54) is 11.8 Å². The summed E-state index contributed by atoms with van der Waals surface area (Å²) in [6.07, 6.45) is 1.53. The molecule has 1 amide bonds. The van der Waals surface area contributed by atoms with Crippen LogP contribution in [0.15, 0.2) is 47.6 Å². The average Bonchev–Trinajstić information content (AvgIpc) is 2.48. The lowest BCUT2D eigenvalue weighted by Gasteiger charge is -2.07. The summed E-state index contributed by atoms with van der Waals surface area (Å²) < 4.78 is 5.42. The largest absolute Gasteiger partial charge is 0.484 e. The number of carbonyl (C=O) groups excluding carboxylic acids is 1. The monoisotopic (exact) mass is 316 g/mol. The van der Waals surface area contributed by atoms with E-state index in [0.717, 1.165) is 11.1 Å². The quantitative estimate of drug-likeness (QED) is 0.678. The van der Waals surface area contributed by atoms with E-state index >= 15 is 0 Å². The zero-order chi connectivity index (χ0) is 15.9. The Morgan fingerprint density at radius 2 is 2.05 bits per heavy atom. The van der Waals surface area contributed by atoms with Gasteiger partial charge in [0.2, 0.25) is 0 Å². The Kier molecular flexibility index (Phi) is 5.55. The average molecular weight is 317 g/mol. The summed E-state index contributed by atoms with van der Waals surface area (Å²) in [6.45, 7) is 3.93. The fourth-order valence-electron chi connectivity index (χ4n) is 1.75. The smallest absolute Gasteiger partial charge is 0.277 e. The number of carbonyl (C=O) groups is 1. The first-order valence-corrected chi connectivity index (χ1v) is 7.20. The van der Waals surface area contributed by atoms with Crippen LogP contribution in [0.2, 0.25) is 5.02 Å². The van der Waals surface area contributed by atoms with Gasteiger partial charge in [0.15, 0.2) is 6.61 Å². The van der Waals surface area contributed by atoms with Gasteiger partial charge in [-0.1, -0.05) is 29.8 Å². The zero-order valence-electron chi connectivity index (χ0n) is 12.5. The molecular formula is C17H17ClN2O2. The second-order valence-electron chi connectivity index (χ2n) is 4.88. The van der Waals surface area contributed by atoms with Crippen LogP contribution < -0.4 is 10.2 Å². The lowest BCUT2D eigenvalue weighted by atomic mass is 10.1. The van der Waals surface area contributed by atoms with Crippen LogP contribution in [0, 0.1) is 13.8 Å². The highest BCUT2D eigenvalue weighted by atomic mass is 35.5. The minimum absolute atomic E-state index is 0.0879. The van der Waals surface area contributed by atoms with Crippen molar-refractivity contribution in [3.63, 3.8) is 0 Å². The molecule has 0 saturated carbocycles. The number of rotatable bonds is 5. The van der Waals surface area contributed by atoms with E-state index < -0.39 is 0 Å². The predicted octanol–water partition coefficient (Wildman–Crippen LogP) is 3.49. The molecule has 0 atom stereocenters. The van der Waals surface area contributed by atoms with Crippen LogP contribution in [0.4, 0.5) is 0 Å². The topological polar surface area (TPSA) is 50.7 Å². The molecule has 22 heavy (non-hydrogen) atoms. The van der Waals surface area contributed by atoms with Crippen molar-refractivity contribution in [1.29, 1.82) is 0 Å². The highest BCUT2D eigenvalue weighted by Crippen LogP contribution is 2.16. The van der Waals surface area contributed by atoms with Crippen LogP contribution >= 0.6 is 11.6 Å². The molecule has 5 heteroatoms. The molecule has 0 fully saturated rings. The van der Waals surface area contributed by atoms with Gasteiger partial charge in [0.25, 0.3) is 5.91 Å². The molecule has 0 aromatic heterocycles. The van der Waals surface area contributed by atoms with Crippen molar-refractivity contribution in [1.82, 2.24) is 5.43 Å². The van der Waals surface area contributed by atoms with Gasteiger partial charge in [0.05, 0.1) is 6.21 Å². The lowest BCUT2D eigenvalue weighted by molar-refractivity contribution is -0.123. The van der Waals surface area contributed by atoms with E-state index in [1.807, 2.05) is 44.2 Å². The van der Waals surface area contributed by atoms with Gasteiger partial charge in [-0.25, -0.2) is 5.43 Å². The highest BCUT2D eigenvalue weighted by Gasteiger charge is 2.02. The summed E-state index contributed by atoms with van der Waals surface area (Å²) in [7, 11) is 0. The van der Waals surface area contributed by atoms with Crippen molar-refractivity contribution < 1.29 is 9.53 Å². The Hall–Kier alpha value is -2.33. The molecule has 0 heterocycles. The van der Waals surface area contributed by atoms with Gasteiger partial charge >= 0.3 is 0 Å². The second-order valence-corrected chi connectivity index (χ2v) is 5.32. The van der Waals surface area contributed by atoms with E-state index in [-0.39, 0.29) is 12.5 Å². The summed E-state index contributed by atoms with van der Waals surface area (Å²) >= 11 is 5.86. The molecule has 2 aromatic rings. The molecule has 1 N–H and O–H groups in total. The Labute approximate surface area is 134 Å². The predicted molar refractivity (Wildman–Crippen MR) is 88.6 cm³/mol. The highest BCUT2D eigenvalue weighted by molar-refractivity contribution is 6.30. The van der Waals surface area contributed by atoms with Crippen molar-refractivity contribution in [2.45, 2.75) is 13.8 Å². The molecular weight excluding hydrogens is 300 g/mol. The summed E-state index contributed by atoms with van der Waals surface area (Å²) in [5, 5.41) is 4.48. The Bertz CT molecular complexity index is 699. The fraction of sp³-hybridized carbons (Fsp3) is 0.176. The van der Waals surface area contributed by atoms with E-state index in [2.05, 4.69) is 10.5 Å². The van der Waals surface area contributed by atoms with Crippen LogP contribution in [-0.4, -0.2) is 18.7 Å². The standard InChI is InChI=1S/C17H17ClN2O2/c1-12-6-7-16(8-13(12)2)22-11-17(21)20-19-10-14-4-3-5-15(18)9-14/h3-10H,11H2,1-2H3,(H,20,21)/b19-10-. The van der Waals surface area contributed by atoms with Crippen LogP contribution in [0.3, 0.4) is 0 Å². The third-order valence-corrected chi connectivity index (χ3v) is 3.33. The molecule has 114 valence electrons. The Morgan fingerprint density at radius 3 is 2.77 bits per heavy atom. The van der Waals surface area contributed by atoms with Crippen molar-refractivity contribution in [2.24, 2.45) is 5.10 Å². The number of nitrogens with zero attached hydrogens (tertiary/aromatic N) is 1. The van der Waals surface area contributed by atoms with Crippen LogP contribution in [-0.2, 0) is 4.79 Å². The zero-order valence-corrected chi connectivity index (χ0v) is 13.2. The molecule has 0 unspecified atom stereocenters. The first kappa shape index (κ1) is 16.0. The van der Waals surface area contributed by atoms with Gasteiger partial charge in [-0.05, 0) is 54.8 Å². The molecule has 0 radical (unpaired) electrons. The Balaban J connectivity index is 1.81. The normalized spacial score (nSPS) is 10.7. The van der Waals surface area contributed by atoms with Gasteiger partial charge in [0.1, 0.15) is 5.75 Å². The maximum absolute atomic E-state index is 11.6. The molecule has 0 spiro atoms. The SMILES string of the molecule is Cc1ccc(OCC(=O)N/N=C\c2cccc(Cl)c2)cc1C. The number of amides is 1. The van der Waals surface area contributed by atoms with Gasteiger partial charge < -0.3 is 4.74 Å². The van der Waals surface area contributed by atoms with Gasteiger partial charge in [-0.2, -0.15) is 5.10 Å². The summed E-state index contributed by atoms with van der Waals surface area (Å²) in [5.41, 5.74) is 5.52. The number of hydrazone groups is 1. The second kappa shape index (κ2) is 7.61. The number of ether oxygens (including phenoxy) is 1. The molecule has 0 bridgehead atoms. The molecule has 0 aliphatic rings. The number of hydrogen-bond acceptors (Lipinski definition) is 3. The van der Waals surface area contributed by atoms with Crippen LogP contribution in [0.25, 0.3) is 0 Å². The molecule has 0 saturated heterocycles. The van der Waals surface area contributed by atoms with Crippen molar-refractivity contribution in [2.75, 3.05) is 6.61 Å². The third kappa shape index (κ3) is 4.90. The van der Waals surface area contributed by atoms with E-state index in [1.54, 1.807) is 12.1 Å². The number of aryl methyl sites for hydroxylation is 2. The first-order valence-electron chi connectivity index (χ1n) is 6.82. The lowest BCUT2D eigenvalue weighted by Crippen LogP contribution is -2.24. The maximum Gasteiger partial charge on any atom is 0.277 e. The summed E-state index contributed by atoms with van der Waals surface area (Å²) in [5.74, 6) is 0.341. The van der Waals surface area contributed by atoms with Gasteiger partial charge in [-0.3, -0.25) is 4.79 Å². The van der Waals surface area contributed by atoms with E-state index in [0.29, 0.717) is 10.8 Å². The number of halogens is 1. The molecule has 2 aromatic carbocycles. The van der Waals surface area contributed by atoms with Crippen molar-refractivity contribution >= 4 is 23.7 Å². The van der Waals surface area contributed by atoms with Crippen LogP contribution in [0.1, 0.15) is 16.7 Å². The molecule has 2 rings (SSSR count). The minimum atomic E-state index is -0.323. The van der Waals surface area contributed by atoms with Gasteiger partial charge in [-0.15, -0.1) is 0 Å². The maximum atomic E-state index is 11.6. The molecule has 0 aliphatic carbocycles. The summed E-state index contributed by atoms with van der Waals surface area (Å²) in [6, 6.07) is 12.9. The molecule has 0 aliphatic heterocycles. The Morgan fingerprint density at radius 1 is 1.23 bits per heavy atom.